The lowest BCUT2D eigenvalue weighted by atomic mass is 10.0. The van der Waals surface area contributed by atoms with Crippen LogP contribution in [0.5, 0.6) is 0 Å². The molecule has 0 fully saturated rings. The van der Waals surface area contributed by atoms with Crippen molar-refractivity contribution in [1.82, 2.24) is 5.32 Å². The zero-order chi connectivity index (χ0) is 33.8. The van der Waals surface area contributed by atoms with E-state index in [0.29, 0.717) is 12.8 Å². The molecule has 4 N–H and O–H groups in total. The van der Waals surface area contributed by atoms with Gasteiger partial charge in [-0.1, -0.05) is 213 Å². The molecule has 5 nitrogen and oxygen atoms in total. The fourth-order valence-corrected chi connectivity index (χ4v) is 6.70. The van der Waals surface area contributed by atoms with Crippen LogP contribution in [0.4, 0.5) is 0 Å². The lowest BCUT2D eigenvalue weighted by Gasteiger charge is -2.23. The van der Waals surface area contributed by atoms with Crippen LogP contribution in [0.2, 0.25) is 0 Å². The highest BCUT2D eigenvalue weighted by molar-refractivity contribution is 5.76. The average molecular weight is 654 g/mol. The SMILES string of the molecule is CCCCCCCCCCCCCCCCCCCCCCCCC(O)C(CO)NC(=O)CC(O)CCCCCCCCCCC. The summed E-state index contributed by atoms with van der Waals surface area (Å²) >= 11 is 0. The second kappa shape index (κ2) is 37.2. The minimum atomic E-state index is -0.742. The number of hydrogen-bond donors (Lipinski definition) is 4. The number of hydrogen-bond acceptors (Lipinski definition) is 4. The number of carbonyl (C=O) groups is 1. The average Bonchev–Trinajstić information content (AvgIpc) is 3.05. The second-order valence-electron chi connectivity index (χ2n) is 14.6. The molecule has 0 aromatic carbocycles. The second-order valence-corrected chi connectivity index (χ2v) is 14.6. The summed E-state index contributed by atoms with van der Waals surface area (Å²) in [4.78, 5) is 12.4. The van der Waals surface area contributed by atoms with Crippen molar-refractivity contribution in [2.45, 2.75) is 250 Å². The molecule has 0 aromatic rings. The molecule has 3 unspecified atom stereocenters. The molecule has 0 rings (SSSR count). The van der Waals surface area contributed by atoms with E-state index in [4.69, 9.17) is 0 Å². The highest BCUT2D eigenvalue weighted by atomic mass is 16.3. The Kier molecular flexibility index (Phi) is 36.6. The van der Waals surface area contributed by atoms with E-state index in [9.17, 15) is 20.1 Å². The van der Waals surface area contributed by atoms with Gasteiger partial charge in [0.1, 0.15) is 0 Å². The van der Waals surface area contributed by atoms with Crippen molar-refractivity contribution in [3.63, 3.8) is 0 Å². The van der Waals surface area contributed by atoms with Crippen LogP contribution < -0.4 is 5.32 Å². The number of unbranched alkanes of at least 4 members (excludes halogenated alkanes) is 29. The topological polar surface area (TPSA) is 89.8 Å². The molecule has 0 heterocycles. The van der Waals surface area contributed by atoms with Gasteiger partial charge in [-0.05, 0) is 12.8 Å². The van der Waals surface area contributed by atoms with Gasteiger partial charge in [0.15, 0.2) is 0 Å². The van der Waals surface area contributed by atoms with E-state index in [1.54, 1.807) is 0 Å². The third-order valence-electron chi connectivity index (χ3n) is 9.92. The Morgan fingerprint density at radius 3 is 1.04 bits per heavy atom. The van der Waals surface area contributed by atoms with Crippen molar-refractivity contribution in [2.24, 2.45) is 0 Å². The fourth-order valence-electron chi connectivity index (χ4n) is 6.70. The van der Waals surface area contributed by atoms with Gasteiger partial charge in [-0.2, -0.15) is 0 Å². The molecule has 276 valence electrons. The molecule has 0 spiro atoms. The van der Waals surface area contributed by atoms with Gasteiger partial charge < -0.3 is 20.6 Å². The maximum atomic E-state index is 12.4. The van der Waals surface area contributed by atoms with Gasteiger partial charge in [-0.15, -0.1) is 0 Å². The molecule has 3 atom stereocenters. The van der Waals surface area contributed by atoms with Crippen LogP contribution in [0, 0.1) is 0 Å². The van der Waals surface area contributed by atoms with Crippen LogP contribution in [-0.4, -0.2) is 46.1 Å². The third kappa shape index (κ3) is 33.3. The summed E-state index contributed by atoms with van der Waals surface area (Å²) in [6, 6.07) is -0.651. The predicted octanol–water partition coefficient (Wildman–Crippen LogP) is 11.5. The van der Waals surface area contributed by atoms with Gasteiger partial charge in [0.05, 0.1) is 31.3 Å². The first-order chi connectivity index (χ1) is 22.5. The smallest absolute Gasteiger partial charge is 0.222 e. The van der Waals surface area contributed by atoms with Gasteiger partial charge in [0.25, 0.3) is 0 Å². The largest absolute Gasteiger partial charge is 0.394 e. The highest BCUT2D eigenvalue weighted by Crippen LogP contribution is 2.17. The highest BCUT2D eigenvalue weighted by Gasteiger charge is 2.21. The molecule has 0 aliphatic carbocycles. The molecule has 46 heavy (non-hydrogen) atoms. The molecule has 0 saturated heterocycles. The summed E-state index contributed by atoms with van der Waals surface area (Å²) in [6.07, 6.45) is 40.8. The van der Waals surface area contributed by atoms with Crippen LogP contribution in [0.15, 0.2) is 0 Å². The standard InChI is InChI=1S/C41H83NO4/c1-3-5-7-9-11-13-14-15-16-17-18-19-20-21-22-23-24-25-27-29-31-33-35-40(45)39(37-43)42-41(46)36-38(44)34-32-30-28-26-12-10-8-6-4-2/h38-40,43-45H,3-37H2,1-2H3,(H,42,46). The Morgan fingerprint density at radius 1 is 0.457 bits per heavy atom. The van der Waals surface area contributed by atoms with Gasteiger partial charge in [-0.3, -0.25) is 4.79 Å². The van der Waals surface area contributed by atoms with Gasteiger partial charge >= 0.3 is 0 Å². The molecule has 0 bridgehead atoms. The number of nitrogens with one attached hydrogen (secondary N) is 1. The van der Waals surface area contributed by atoms with Crippen molar-refractivity contribution in [1.29, 1.82) is 0 Å². The molecule has 5 heteroatoms. The minimum absolute atomic E-state index is 0.0413. The molecule has 0 radical (unpaired) electrons. The Hall–Kier alpha value is -0.650. The maximum absolute atomic E-state index is 12.4. The summed E-state index contributed by atoms with van der Waals surface area (Å²) < 4.78 is 0. The van der Waals surface area contributed by atoms with Crippen LogP contribution in [0.25, 0.3) is 0 Å². The Morgan fingerprint density at radius 2 is 0.739 bits per heavy atom. The third-order valence-corrected chi connectivity index (χ3v) is 9.92. The monoisotopic (exact) mass is 654 g/mol. The summed E-state index contributed by atoms with van der Waals surface area (Å²) in [7, 11) is 0. The molecule has 0 saturated carbocycles. The molecule has 0 aromatic heterocycles. The molecular formula is C41H83NO4. The normalized spacial score (nSPS) is 13.6. The van der Waals surface area contributed by atoms with E-state index in [1.807, 2.05) is 0 Å². The number of aliphatic hydroxyl groups is 3. The van der Waals surface area contributed by atoms with Crippen molar-refractivity contribution >= 4 is 5.91 Å². The molecular weight excluding hydrogens is 570 g/mol. The molecule has 1 amide bonds. The first-order valence-corrected chi connectivity index (χ1v) is 20.8. The van der Waals surface area contributed by atoms with E-state index < -0.39 is 18.2 Å². The Balaban J connectivity index is 3.54. The van der Waals surface area contributed by atoms with Crippen LogP contribution in [0.3, 0.4) is 0 Å². The quantitative estimate of drug-likeness (QED) is 0.0499. The van der Waals surface area contributed by atoms with Gasteiger partial charge in [0, 0.05) is 0 Å². The minimum Gasteiger partial charge on any atom is -0.394 e. The Bertz CT molecular complexity index is 601. The lowest BCUT2D eigenvalue weighted by Crippen LogP contribution is -2.46. The maximum Gasteiger partial charge on any atom is 0.222 e. The zero-order valence-electron chi connectivity index (χ0n) is 31.2. The number of amides is 1. The number of rotatable bonds is 38. The molecule has 0 aliphatic rings. The van der Waals surface area contributed by atoms with Crippen molar-refractivity contribution < 1.29 is 20.1 Å². The van der Waals surface area contributed by atoms with Crippen molar-refractivity contribution in [3.8, 4) is 0 Å². The molecule has 0 aliphatic heterocycles. The van der Waals surface area contributed by atoms with Crippen molar-refractivity contribution in [2.75, 3.05) is 6.61 Å². The van der Waals surface area contributed by atoms with E-state index in [2.05, 4.69) is 19.2 Å². The first-order valence-electron chi connectivity index (χ1n) is 20.8. The number of carbonyl (C=O) groups excluding carboxylic acids is 1. The number of aliphatic hydroxyl groups excluding tert-OH is 3. The van der Waals surface area contributed by atoms with E-state index in [-0.39, 0.29) is 18.9 Å². The van der Waals surface area contributed by atoms with E-state index >= 15 is 0 Å². The first kappa shape index (κ1) is 45.3. The van der Waals surface area contributed by atoms with Crippen LogP contribution >= 0.6 is 0 Å². The summed E-state index contributed by atoms with van der Waals surface area (Å²) in [6.45, 7) is 4.25. The Labute approximate surface area is 287 Å². The van der Waals surface area contributed by atoms with E-state index in [1.165, 1.54) is 173 Å². The summed E-state index contributed by atoms with van der Waals surface area (Å²) in [5.74, 6) is -0.282. The summed E-state index contributed by atoms with van der Waals surface area (Å²) in [5, 5.41) is 33.2. The lowest BCUT2D eigenvalue weighted by molar-refractivity contribution is -0.125. The summed E-state index contributed by atoms with van der Waals surface area (Å²) in [5.41, 5.74) is 0. The van der Waals surface area contributed by atoms with Crippen LogP contribution in [-0.2, 0) is 4.79 Å². The van der Waals surface area contributed by atoms with E-state index in [0.717, 1.165) is 25.7 Å². The van der Waals surface area contributed by atoms with Crippen LogP contribution in [0.1, 0.15) is 232 Å². The predicted molar refractivity (Wildman–Crippen MR) is 199 cm³/mol. The zero-order valence-corrected chi connectivity index (χ0v) is 31.2. The van der Waals surface area contributed by atoms with Gasteiger partial charge in [0.2, 0.25) is 5.91 Å². The fraction of sp³-hybridized carbons (Fsp3) is 0.976. The van der Waals surface area contributed by atoms with Crippen molar-refractivity contribution in [3.05, 3.63) is 0 Å². The van der Waals surface area contributed by atoms with Gasteiger partial charge in [-0.25, -0.2) is 0 Å².